The summed E-state index contributed by atoms with van der Waals surface area (Å²) in [5, 5.41) is 8.50. The summed E-state index contributed by atoms with van der Waals surface area (Å²) < 4.78 is 67.8. The smallest absolute Gasteiger partial charge is 0.308 e. The number of aromatic nitrogens is 5. The summed E-state index contributed by atoms with van der Waals surface area (Å²) in [4.78, 5) is 19.5. The molecule has 4 aromatic rings. The van der Waals surface area contributed by atoms with Gasteiger partial charge in [0.25, 0.3) is 5.56 Å². The first kappa shape index (κ1) is 25.4. The zero-order valence-corrected chi connectivity index (χ0v) is 20.7. The third-order valence-corrected chi connectivity index (χ3v) is 8.57. The van der Waals surface area contributed by atoms with Crippen molar-refractivity contribution < 1.29 is 21.6 Å². The second-order valence-corrected chi connectivity index (χ2v) is 11.0. The Morgan fingerprint density at radius 3 is 2.51 bits per heavy atom. The maximum absolute atomic E-state index is 13.1. The van der Waals surface area contributed by atoms with Crippen LogP contribution in [0.3, 0.4) is 0 Å². The van der Waals surface area contributed by atoms with Gasteiger partial charge in [0.05, 0.1) is 17.0 Å². The fourth-order valence-electron chi connectivity index (χ4n) is 4.32. The van der Waals surface area contributed by atoms with E-state index in [1.54, 1.807) is 12.1 Å². The zero-order chi connectivity index (χ0) is 26.4. The first-order valence-corrected chi connectivity index (χ1v) is 13.1. The Balaban J connectivity index is 1.36. The molecular formula is C23H20ClF3N6O3S. The molecule has 0 spiro atoms. The number of nitrogens with zero attached hydrogens (tertiary/aromatic N) is 5. The molecule has 37 heavy (non-hydrogen) atoms. The molecule has 2 aromatic carbocycles. The van der Waals surface area contributed by atoms with Gasteiger partial charge in [-0.25, -0.2) is 18.1 Å². The highest BCUT2D eigenvalue weighted by Gasteiger charge is 2.35. The van der Waals surface area contributed by atoms with Crippen LogP contribution in [-0.4, -0.2) is 50.8 Å². The van der Waals surface area contributed by atoms with Gasteiger partial charge in [0.15, 0.2) is 11.2 Å². The number of fused-ring (bicyclic) bond motifs is 1. The number of rotatable bonds is 5. The van der Waals surface area contributed by atoms with E-state index in [0.717, 1.165) is 28.1 Å². The summed E-state index contributed by atoms with van der Waals surface area (Å²) in [6.07, 6.45) is -4.01. The number of halogens is 4. The highest BCUT2D eigenvalue weighted by molar-refractivity contribution is 7.89. The van der Waals surface area contributed by atoms with Crippen molar-refractivity contribution in [3.63, 3.8) is 0 Å². The van der Waals surface area contributed by atoms with Crippen LogP contribution in [0.25, 0.3) is 11.2 Å². The van der Waals surface area contributed by atoms with E-state index in [2.05, 4.69) is 20.3 Å². The van der Waals surface area contributed by atoms with Crippen molar-refractivity contribution in [3.8, 4) is 0 Å². The van der Waals surface area contributed by atoms with Crippen molar-refractivity contribution in [2.75, 3.05) is 13.1 Å². The highest BCUT2D eigenvalue weighted by atomic mass is 35.5. The molecule has 0 aliphatic carbocycles. The number of aromatic amines is 1. The molecule has 3 heterocycles. The third-order valence-electron chi connectivity index (χ3n) is 6.31. The number of alkyl halides is 3. The highest BCUT2D eigenvalue weighted by Crippen LogP contribution is 2.33. The van der Waals surface area contributed by atoms with Crippen LogP contribution in [0.1, 0.15) is 35.7 Å². The number of piperidine rings is 1. The van der Waals surface area contributed by atoms with Crippen LogP contribution in [0, 0.1) is 0 Å². The van der Waals surface area contributed by atoms with Crippen LogP contribution in [0.5, 0.6) is 0 Å². The Bertz CT molecular complexity index is 1630. The van der Waals surface area contributed by atoms with Gasteiger partial charge in [0, 0.05) is 24.0 Å². The predicted molar refractivity (Wildman–Crippen MR) is 129 cm³/mol. The largest absolute Gasteiger partial charge is 0.416 e. The molecule has 14 heteroatoms. The number of hydrogen-bond donors (Lipinski definition) is 1. The fraction of sp³-hybridized carbons (Fsp3) is 0.304. The second kappa shape index (κ2) is 9.54. The molecule has 1 N–H and O–H groups in total. The summed E-state index contributed by atoms with van der Waals surface area (Å²) in [5.41, 5.74) is -0.379. The molecule has 0 saturated carbocycles. The van der Waals surface area contributed by atoms with E-state index in [9.17, 15) is 26.4 Å². The van der Waals surface area contributed by atoms with Crippen molar-refractivity contribution in [1.82, 2.24) is 29.3 Å². The maximum Gasteiger partial charge on any atom is 0.416 e. The van der Waals surface area contributed by atoms with Crippen LogP contribution in [0.2, 0.25) is 5.02 Å². The second-order valence-electron chi connectivity index (χ2n) is 8.67. The van der Waals surface area contributed by atoms with Gasteiger partial charge in [-0.05, 0) is 42.7 Å². The van der Waals surface area contributed by atoms with E-state index in [1.165, 1.54) is 4.68 Å². The minimum atomic E-state index is -4.65. The van der Waals surface area contributed by atoms with Crippen molar-refractivity contribution in [2.45, 2.75) is 36.4 Å². The lowest BCUT2D eigenvalue weighted by Crippen LogP contribution is -2.38. The van der Waals surface area contributed by atoms with Gasteiger partial charge in [-0.15, -0.1) is 5.10 Å². The maximum atomic E-state index is 13.1. The molecule has 9 nitrogen and oxygen atoms in total. The first-order valence-electron chi connectivity index (χ1n) is 11.3. The molecule has 1 aliphatic rings. The minimum absolute atomic E-state index is 0.0577. The summed E-state index contributed by atoms with van der Waals surface area (Å²) in [6, 6.07) is 10.9. The van der Waals surface area contributed by atoms with Gasteiger partial charge in [-0.1, -0.05) is 41.1 Å². The normalized spacial score (nSPS) is 15.9. The average molecular weight is 553 g/mol. The lowest BCUT2D eigenvalue weighted by molar-refractivity contribution is -0.137. The number of hydrogen-bond acceptors (Lipinski definition) is 6. The monoisotopic (exact) mass is 552 g/mol. The molecule has 1 aliphatic heterocycles. The lowest BCUT2D eigenvalue weighted by Gasteiger charge is -2.30. The Hall–Kier alpha value is -3.29. The van der Waals surface area contributed by atoms with Crippen LogP contribution in [-0.2, 0) is 22.7 Å². The van der Waals surface area contributed by atoms with Gasteiger partial charge in [-0.2, -0.15) is 17.5 Å². The van der Waals surface area contributed by atoms with Gasteiger partial charge in [-0.3, -0.25) is 4.79 Å². The molecule has 0 atom stereocenters. The van der Waals surface area contributed by atoms with Gasteiger partial charge in [0.2, 0.25) is 10.0 Å². The summed E-state index contributed by atoms with van der Waals surface area (Å²) in [6.45, 7) is 0.365. The Kier molecular flexibility index (Phi) is 6.54. The molecule has 2 aromatic heterocycles. The molecule has 0 radical (unpaired) electrons. The Morgan fingerprint density at radius 2 is 1.81 bits per heavy atom. The van der Waals surface area contributed by atoms with Crippen LogP contribution in [0.4, 0.5) is 13.2 Å². The van der Waals surface area contributed by atoms with Crippen molar-refractivity contribution in [3.05, 3.63) is 80.9 Å². The molecule has 5 rings (SSSR count). The van der Waals surface area contributed by atoms with E-state index >= 15 is 0 Å². The summed E-state index contributed by atoms with van der Waals surface area (Å²) in [7, 11) is -4.13. The molecule has 1 fully saturated rings. The van der Waals surface area contributed by atoms with Crippen LogP contribution < -0.4 is 5.56 Å². The molecule has 194 valence electrons. The fourth-order valence-corrected chi connectivity index (χ4v) is 6.03. The molecule has 0 unspecified atom stereocenters. The first-order chi connectivity index (χ1) is 17.5. The standard InChI is InChI=1S/C23H20ClF3N6O3S/c24-18-7-2-1-4-15(18)13-33-21-19(30-31-33)22(34)29-20(28-21)14-8-10-32(11-9-14)37(35,36)17-6-3-5-16(12-17)23(25,26)27/h1-7,12,14H,8-11,13H2,(H,28,29,34). The van der Waals surface area contributed by atoms with Crippen molar-refractivity contribution in [1.29, 1.82) is 0 Å². The predicted octanol–water partition coefficient (Wildman–Crippen LogP) is 3.80. The van der Waals surface area contributed by atoms with E-state index < -0.39 is 32.2 Å². The van der Waals surface area contributed by atoms with Crippen molar-refractivity contribution >= 4 is 32.8 Å². The molecule has 0 bridgehead atoms. The van der Waals surface area contributed by atoms with E-state index in [4.69, 9.17) is 11.6 Å². The van der Waals surface area contributed by atoms with Gasteiger partial charge < -0.3 is 4.98 Å². The summed E-state index contributed by atoms with van der Waals surface area (Å²) in [5.74, 6) is 0.102. The van der Waals surface area contributed by atoms with E-state index in [-0.39, 0.29) is 36.7 Å². The molecule has 0 amide bonds. The SMILES string of the molecule is O=c1[nH]c(C2CCN(S(=O)(=O)c3cccc(C(F)(F)F)c3)CC2)nc2c1nnn2Cc1ccccc1Cl. The minimum Gasteiger partial charge on any atom is -0.308 e. The topological polar surface area (TPSA) is 114 Å². The Morgan fingerprint density at radius 1 is 1.08 bits per heavy atom. The van der Waals surface area contributed by atoms with Crippen LogP contribution in [0.15, 0.2) is 58.2 Å². The molecule has 1 saturated heterocycles. The zero-order valence-electron chi connectivity index (χ0n) is 19.1. The van der Waals surface area contributed by atoms with Gasteiger partial charge >= 0.3 is 6.18 Å². The van der Waals surface area contributed by atoms with Crippen LogP contribution >= 0.6 is 11.6 Å². The lowest BCUT2D eigenvalue weighted by atomic mass is 9.97. The van der Waals surface area contributed by atoms with E-state index in [0.29, 0.717) is 29.8 Å². The average Bonchev–Trinajstić information content (AvgIpc) is 3.28. The number of nitrogens with one attached hydrogen (secondary N) is 1. The van der Waals surface area contributed by atoms with E-state index in [1.807, 2.05) is 12.1 Å². The third kappa shape index (κ3) is 4.98. The summed E-state index contributed by atoms with van der Waals surface area (Å²) >= 11 is 6.24. The van der Waals surface area contributed by atoms with Gasteiger partial charge in [0.1, 0.15) is 5.82 Å². The number of H-pyrrole nitrogens is 1. The number of sulfonamides is 1. The molecular weight excluding hydrogens is 533 g/mol. The quantitative estimate of drug-likeness (QED) is 0.403. The van der Waals surface area contributed by atoms with Crippen molar-refractivity contribution in [2.24, 2.45) is 0 Å². The Labute approximate surface area is 213 Å². The number of benzene rings is 2.